The van der Waals surface area contributed by atoms with E-state index in [1.807, 2.05) is 31.2 Å². The highest BCUT2D eigenvalue weighted by Crippen LogP contribution is 2.08. The Kier molecular flexibility index (Phi) is 5.17. The van der Waals surface area contributed by atoms with Gasteiger partial charge in [0.25, 0.3) is 0 Å². The van der Waals surface area contributed by atoms with Crippen LogP contribution in [0.1, 0.15) is 25.0 Å². The monoisotopic (exact) mass is 250 g/mol. The molecule has 0 saturated carbocycles. The van der Waals surface area contributed by atoms with E-state index in [4.69, 9.17) is 5.11 Å². The maximum Gasteiger partial charge on any atom is 0.325 e. The molecule has 1 aromatic carbocycles. The van der Waals surface area contributed by atoms with E-state index >= 15 is 0 Å². The van der Waals surface area contributed by atoms with E-state index in [0.717, 1.165) is 12.0 Å². The Morgan fingerprint density at radius 1 is 1.28 bits per heavy atom. The van der Waals surface area contributed by atoms with Crippen molar-refractivity contribution >= 4 is 12.0 Å². The van der Waals surface area contributed by atoms with Crippen molar-refractivity contribution in [1.29, 1.82) is 0 Å². The number of amides is 2. The van der Waals surface area contributed by atoms with Crippen LogP contribution in [0.5, 0.6) is 0 Å². The highest BCUT2D eigenvalue weighted by molar-refractivity contribution is 5.82. The molecule has 0 radical (unpaired) electrons. The molecule has 0 unspecified atom stereocenters. The third-order valence-electron chi connectivity index (χ3n) is 2.66. The van der Waals surface area contributed by atoms with Gasteiger partial charge in [-0.15, -0.1) is 0 Å². The molecule has 5 heteroatoms. The second kappa shape index (κ2) is 6.64. The number of carbonyl (C=O) groups is 2. The number of carboxylic acid groups (broad SMARTS) is 1. The zero-order valence-electron chi connectivity index (χ0n) is 10.6. The fourth-order valence-corrected chi connectivity index (χ4v) is 1.56. The Morgan fingerprint density at radius 3 is 2.44 bits per heavy atom. The number of aliphatic carboxylic acids is 1. The van der Waals surface area contributed by atoms with E-state index in [-0.39, 0.29) is 0 Å². The quantitative estimate of drug-likeness (QED) is 0.741. The van der Waals surface area contributed by atoms with Gasteiger partial charge in [-0.1, -0.05) is 31.2 Å². The van der Waals surface area contributed by atoms with Gasteiger partial charge in [0.2, 0.25) is 0 Å². The molecule has 98 valence electrons. The summed E-state index contributed by atoms with van der Waals surface area (Å²) >= 11 is 0. The Bertz CT molecular complexity index is 432. The minimum absolute atomic E-state index is 0.391. The first-order valence-corrected chi connectivity index (χ1v) is 5.88. The number of rotatable bonds is 5. The second-order valence-corrected chi connectivity index (χ2v) is 4.01. The van der Waals surface area contributed by atoms with Gasteiger partial charge >= 0.3 is 12.0 Å². The third kappa shape index (κ3) is 4.08. The van der Waals surface area contributed by atoms with Crippen molar-refractivity contribution in [3.8, 4) is 0 Å². The van der Waals surface area contributed by atoms with E-state index in [2.05, 4.69) is 10.6 Å². The zero-order chi connectivity index (χ0) is 13.5. The first kappa shape index (κ1) is 14.0. The molecule has 0 heterocycles. The number of carboxylic acids is 1. The molecule has 0 aliphatic rings. The normalized spacial score (nSPS) is 11.7. The summed E-state index contributed by atoms with van der Waals surface area (Å²) in [5.41, 5.74) is 2.21. The molecular formula is C13H18N2O3. The molecule has 1 rings (SSSR count). The van der Waals surface area contributed by atoms with Crippen LogP contribution in [-0.4, -0.2) is 23.1 Å². The van der Waals surface area contributed by atoms with E-state index in [1.54, 1.807) is 0 Å². The molecule has 0 aromatic heterocycles. The standard InChI is InChI=1S/C13H18N2O3/c1-3-10-6-4-5-7-11(10)8-14-13(18)15-9(2)12(16)17/h4-7,9H,3,8H2,1-2H3,(H,16,17)(H2,14,15,18)/t9-/m0/s1. The van der Waals surface area contributed by atoms with Crippen LogP contribution in [0.3, 0.4) is 0 Å². The summed E-state index contributed by atoms with van der Waals surface area (Å²) < 4.78 is 0. The average molecular weight is 250 g/mol. The smallest absolute Gasteiger partial charge is 0.325 e. The summed E-state index contributed by atoms with van der Waals surface area (Å²) in [5.74, 6) is -1.06. The summed E-state index contributed by atoms with van der Waals surface area (Å²) in [6.07, 6.45) is 0.894. The van der Waals surface area contributed by atoms with Crippen LogP contribution in [0, 0.1) is 0 Å². The molecular weight excluding hydrogens is 232 g/mol. The van der Waals surface area contributed by atoms with Crippen LogP contribution >= 0.6 is 0 Å². The molecule has 0 spiro atoms. The predicted octanol–water partition coefficient (Wildman–Crippen LogP) is 1.52. The first-order valence-electron chi connectivity index (χ1n) is 5.88. The van der Waals surface area contributed by atoms with Gasteiger partial charge in [-0.25, -0.2) is 4.79 Å². The summed E-state index contributed by atoms with van der Waals surface area (Å²) in [5, 5.41) is 13.6. The topological polar surface area (TPSA) is 78.4 Å². The van der Waals surface area contributed by atoms with Crippen LogP contribution in [0.2, 0.25) is 0 Å². The van der Waals surface area contributed by atoms with Crippen molar-refractivity contribution in [2.75, 3.05) is 0 Å². The molecule has 0 aliphatic carbocycles. The van der Waals surface area contributed by atoms with E-state index in [9.17, 15) is 9.59 Å². The highest BCUT2D eigenvalue weighted by Gasteiger charge is 2.13. The second-order valence-electron chi connectivity index (χ2n) is 4.01. The van der Waals surface area contributed by atoms with E-state index in [0.29, 0.717) is 6.54 Å². The van der Waals surface area contributed by atoms with E-state index < -0.39 is 18.0 Å². The molecule has 1 aromatic rings. The molecule has 0 saturated heterocycles. The summed E-state index contributed by atoms with van der Waals surface area (Å²) in [6.45, 7) is 3.86. The molecule has 2 amide bonds. The Labute approximate surface area is 106 Å². The van der Waals surface area contributed by atoms with Gasteiger partial charge in [-0.2, -0.15) is 0 Å². The van der Waals surface area contributed by atoms with Crippen molar-refractivity contribution in [2.24, 2.45) is 0 Å². The highest BCUT2D eigenvalue weighted by atomic mass is 16.4. The lowest BCUT2D eigenvalue weighted by Crippen LogP contribution is -2.44. The van der Waals surface area contributed by atoms with Crippen molar-refractivity contribution in [2.45, 2.75) is 32.9 Å². The minimum atomic E-state index is -1.06. The van der Waals surface area contributed by atoms with Crippen molar-refractivity contribution in [1.82, 2.24) is 10.6 Å². The third-order valence-corrected chi connectivity index (χ3v) is 2.66. The molecule has 5 nitrogen and oxygen atoms in total. The lowest BCUT2D eigenvalue weighted by molar-refractivity contribution is -0.138. The molecule has 0 fully saturated rings. The number of nitrogens with one attached hydrogen (secondary N) is 2. The van der Waals surface area contributed by atoms with Gasteiger partial charge in [-0.05, 0) is 24.5 Å². The molecule has 0 bridgehead atoms. The molecule has 0 aliphatic heterocycles. The first-order chi connectivity index (χ1) is 8.54. The number of aryl methyl sites for hydroxylation is 1. The minimum Gasteiger partial charge on any atom is -0.480 e. The largest absolute Gasteiger partial charge is 0.480 e. The van der Waals surface area contributed by atoms with Crippen molar-refractivity contribution in [3.05, 3.63) is 35.4 Å². The Morgan fingerprint density at radius 2 is 1.89 bits per heavy atom. The van der Waals surface area contributed by atoms with Crippen molar-refractivity contribution < 1.29 is 14.7 Å². The van der Waals surface area contributed by atoms with Gasteiger partial charge in [0.05, 0.1) is 0 Å². The summed E-state index contributed by atoms with van der Waals surface area (Å²) in [6, 6.07) is 6.44. The zero-order valence-corrected chi connectivity index (χ0v) is 10.6. The lowest BCUT2D eigenvalue weighted by Gasteiger charge is -2.12. The summed E-state index contributed by atoms with van der Waals surface area (Å²) in [7, 11) is 0. The fraction of sp³-hybridized carbons (Fsp3) is 0.385. The van der Waals surface area contributed by atoms with Crippen LogP contribution in [0.15, 0.2) is 24.3 Å². The predicted molar refractivity (Wildman–Crippen MR) is 68.3 cm³/mol. The fourth-order valence-electron chi connectivity index (χ4n) is 1.56. The van der Waals surface area contributed by atoms with Crippen molar-refractivity contribution in [3.63, 3.8) is 0 Å². The Hall–Kier alpha value is -2.04. The summed E-state index contributed by atoms with van der Waals surface area (Å²) in [4.78, 5) is 22.0. The molecule has 18 heavy (non-hydrogen) atoms. The van der Waals surface area contributed by atoms with Crippen LogP contribution < -0.4 is 10.6 Å². The van der Waals surface area contributed by atoms with E-state index in [1.165, 1.54) is 12.5 Å². The van der Waals surface area contributed by atoms with Crippen LogP contribution in [0.25, 0.3) is 0 Å². The number of benzene rings is 1. The van der Waals surface area contributed by atoms with Gasteiger partial charge in [0.15, 0.2) is 0 Å². The average Bonchev–Trinajstić information content (AvgIpc) is 2.36. The van der Waals surface area contributed by atoms with Crippen LogP contribution in [-0.2, 0) is 17.8 Å². The SMILES string of the molecule is CCc1ccccc1CNC(=O)N[C@@H](C)C(=O)O. The lowest BCUT2D eigenvalue weighted by atomic mass is 10.1. The number of urea groups is 1. The number of hydrogen-bond donors (Lipinski definition) is 3. The maximum atomic E-state index is 11.4. The number of hydrogen-bond acceptors (Lipinski definition) is 2. The van der Waals surface area contributed by atoms with Crippen LogP contribution in [0.4, 0.5) is 4.79 Å². The van der Waals surface area contributed by atoms with Gasteiger partial charge in [0, 0.05) is 6.54 Å². The molecule has 3 N–H and O–H groups in total. The maximum absolute atomic E-state index is 11.4. The Balaban J connectivity index is 2.50. The molecule has 1 atom stereocenters. The number of carbonyl (C=O) groups excluding carboxylic acids is 1. The van der Waals surface area contributed by atoms with Gasteiger partial charge in [0.1, 0.15) is 6.04 Å². The van der Waals surface area contributed by atoms with Gasteiger partial charge in [-0.3, -0.25) is 4.79 Å². The van der Waals surface area contributed by atoms with Gasteiger partial charge < -0.3 is 15.7 Å².